The highest BCUT2D eigenvalue weighted by Crippen LogP contribution is 2.35. The molecule has 0 radical (unpaired) electrons. The summed E-state index contributed by atoms with van der Waals surface area (Å²) in [5, 5.41) is 21.8. The Morgan fingerprint density at radius 1 is 1.23 bits per heavy atom. The van der Waals surface area contributed by atoms with Crippen LogP contribution in [0.15, 0.2) is 58.9 Å². The molecule has 3 aromatic rings. The lowest BCUT2D eigenvalue weighted by Crippen LogP contribution is -2.18. The number of azo groups is 1. The van der Waals surface area contributed by atoms with Crippen molar-refractivity contribution in [2.24, 2.45) is 10.2 Å². The molecule has 0 aliphatic rings. The summed E-state index contributed by atoms with van der Waals surface area (Å²) >= 11 is 5.10. The molecule has 7 heteroatoms. The van der Waals surface area contributed by atoms with Crippen LogP contribution in [0.1, 0.15) is 5.69 Å². The average molecular weight is 311 g/mol. The maximum atomic E-state index is 9.87. The molecular formula is C15H13N5OS. The number of pyridine rings is 1. The van der Waals surface area contributed by atoms with Gasteiger partial charge >= 0.3 is 0 Å². The Morgan fingerprint density at radius 3 is 2.86 bits per heavy atom. The summed E-state index contributed by atoms with van der Waals surface area (Å²) in [6, 6.07) is 13.1. The van der Waals surface area contributed by atoms with Crippen molar-refractivity contribution in [1.29, 1.82) is 0 Å². The molecule has 1 aromatic carbocycles. The fourth-order valence-corrected chi connectivity index (χ4v) is 2.13. The number of aromatic amines is 1. The number of aromatic nitrogens is 2. The Hall–Kier alpha value is -2.80. The molecule has 0 saturated heterocycles. The Kier molecular flexibility index (Phi) is 4.06. The van der Waals surface area contributed by atoms with Gasteiger partial charge in [0.2, 0.25) is 11.0 Å². The van der Waals surface area contributed by atoms with Crippen LogP contribution in [0, 0.1) is 0 Å². The zero-order chi connectivity index (χ0) is 15.4. The third kappa shape index (κ3) is 3.09. The van der Waals surface area contributed by atoms with Gasteiger partial charge in [0.15, 0.2) is 5.69 Å². The van der Waals surface area contributed by atoms with E-state index < -0.39 is 0 Å². The van der Waals surface area contributed by atoms with Crippen LogP contribution in [0.2, 0.25) is 0 Å². The molecule has 2 heterocycles. The minimum atomic E-state index is -0.0301. The Labute approximate surface area is 131 Å². The Morgan fingerprint density at radius 2 is 2.05 bits per heavy atom. The molecule has 3 rings (SSSR count). The van der Waals surface area contributed by atoms with E-state index in [9.17, 15) is 5.11 Å². The molecule has 110 valence electrons. The van der Waals surface area contributed by atoms with Crippen molar-refractivity contribution in [2.45, 2.75) is 6.54 Å². The lowest BCUT2D eigenvalue weighted by molar-refractivity contribution is 0.459. The van der Waals surface area contributed by atoms with Crippen LogP contribution >= 0.6 is 12.2 Å². The van der Waals surface area contributed by atoms with Crippen LogP contribution in [0.5, 0.6) is 5.88 Å². The first-order valence-electron chi connectivity index (χ1n) is 6.63. The first-order chi connectivity index (χ1) is 10.7. The molecule has 0 aliphatic carbocycles. The third-order valence-electron chi connectivity index (χ3n) is 3.05. The van der Waals surface area contributed by atoms with Crippen molar-refractivity contribution in [1.82, 2.24) is 15.3 Å². The largest absolute Gasteiger partial charge is 0.493 e. The molecular weight excluding hydrogens is 298 g/mol. The van der Waals surface area contributed by atoms with Crippen LogP contribution in [-0.4, -0.2) is 20.2 Å². The number of benzene rings is 1. The number of thiocarbonyl (C=S) groups is 1. The third-order valence-corrected chi connectivity index (χ3v) is 3.27. The second-order valence-electron chi connectivity index (χ2n) is 4.55. The minimum absolute atomic E-state index is 0.0301. The van der Waals surface area contributed by atoms with Crippen LogP contribution in [-0.2, 0) is 6.54 Å². The van der Waals surface area contributed by atoms with Gasteiger partial charge in [-0.3, -0.25) is 4.98 Å². The monoisotopic (exact) mass is 311 g/mol. The van der Waals surface area contributed by atoms with Crippen LogP contribution < -0.4 is 5.32 Å². The van der Waals surface area contributed by atoms with E-state index in [1.807, 2.05) is 42.5 Å². The van der Waals surface area contributed by atoms with Crippen LogP contribution in [0.3, 0.4) is 0 Å². The maximum absolute atomic E-state index is 9.87. The topological polar surface area (TPSA) is 85.7 Å². The fraction of sp³-hybridized carbons (Fsp3) is 0.0667. The fourth-order valence-electron chi connectivity index (χ4n) is 2.01. The molecule has 6 nitrogen and oxygen atoms in total. The van der Waals surface area contributed by atoms with Gasteiger partial charge in [0.1, 0.15) is 0 Å². The minimum Gasteiger partial charge on any atom is -0.493 e. The van der Waals surface area contributed by atoms with Gasteiger partial charge in [0, 0.05) is 11.6 Å². The number of nitrogens with zero attached hydrogens (tertiary/aromatic N) is 3. The van der Waals surface area contributed by atoms with E-state index in [-0.39, 0.29) is 11.0 Å². The first kappa shape index (κ1) is 14.2. The number of hydrogen-bond acceptors (Lipinski definition) is 4. The summed E-state index contributed by atoms with van der Waals surface area (Å²) in [5.74, 6) is -0.0301. The molecule has 0 spiro atoms. The molecule has 0 aliphatic heterocycles. The van der Waals surface area contributed by atoms with Gasteiger partial charge in [0.05, 0.1) is 17.8 Å². The first-order valence-corrected chi connectivity index (χ1v) is 7.04. The van der Waals surface area contributed by atoms with E-state index in [1.54, 1.807) is 6.20 Å². The quantitative estimate of drug-likeness (QED) is 0.511. The number of H-pyrrole nitrogens is 1. The summed E-state index contributed by atoms with van der Waals surface area (Å²) in [7, 11) is 0. The van der Waals surface area contributed by atoms with Gasteiger partial charge in [-0.25, -0.2) is 0 Å². The molecule has 0 amide bonds. The van der Waals surface area contributed by atoms with Crippen LogP contribution in [0.4, 0.5) is 5.69 Å². The standard InChI is InChI=1S/C15H13N5OS/c21-14-13(11-6-1-2-7-12(11)18-14)19-20-15(22)17-9-10-5-3-4-8-16-10/h1-8,18,21H,9H2,(H,17,22). The summed E-state index contributed by atoms with van der Waals surface area (Å²) in [5.41, 5.74) is 2.02. The van der Waals surface area contributed by atoms with Crippen LogP contribution in [0.25, 0.3) is 10.9 Å². The van der Waals surface area contributed by atoms with E-state index in [0.29, 0.717) is 12.2 Å². The number of hydrogen-bond donors (Lipinski definition) is 3. The molecule has 22 heavy (non-hydrogen) atoms. The highest BCUT2D eigenvalue weighted by Gasteiger charge is 2.09. The highest BCUT2D eigenvalue weighted by atomic mass is 32.1. The zero-order valence-electron chi connectivity index (χ0n) is 11.5. The predicted octanol–water partition coefficient (Wildman–Crippen LogP) is 3.43. The van der Waals surface area contributed by atoms with Gasteiger partial charge in [-0.2, -0.15) is 0 Å². The molecule has 2 aromatic heterocycles. The summed E-state index contributed by atoms with van der Waals surface area (Å²) in [4.78, 5) is 7.01. The van der Waals surface area contributed by atoms with E-state index >= 15 is 0 Å². The number of fused-ring (bicyclic) bond motifs is 1. The van der Waals surface area contributed by atoms with E-state index in [0.717, 1.165) is 16.6 Å². The van der Waals surface area contributed by atoms with Crippen molar-refractivity contribution >= 4 is 33.9 Å². The van der Waals surface area contributed by atoms with E-state index in [1.165, 1.54) is 0 Å². The number of aromatic hydroxyl groups is 1. The van der Waals surface area contributed by atoms with Crippen molar-refractivity contribution in [3.05, 3.63) is 54.4 Å². The zero-order valence-corrected chi connectivity index (χ0v) is 12.3. The van der Waals surface area contributed by atoms with Gasteiger partial charge in [-0.05, 0) is 30.4 Å². The summed E-state index contributed by atoms with van der Waals surface area (Å²) in [6.07, 6.45) is 1.71. The van der Waals surface area contributed by atoms with E-state index in [4.69, 9.17) is 12.2 Å². The average Bonchev–Trinajstić information content (AvgIpc) is 2.87. The van der Waals surface area contributed by atoms with Gasteiger partial charge < -0.3 is 15.4 Å². The predicted molar refractivity (Wildman–Crippen MR) is 88.2 cm³/mol. The smallest absolute Gasteiger partial charge is 0.218 e. The molecule has 0 bridgehead atoms. The Balaban J connectivity index is 1.70. The molecule has 0 unspecified atom stereocenters. The second-order valence-corrected chi connectivity index (χ2v) is 4.93. The summed E-state index contributed by atoms with van der Waals surface area (Å²) < 4.78 is 0. The summed E-state index contributed by atoms with van der Waals surface area (Å²) in [6.45, 7) is 0.471. The lowest BCUT2D eigenvalue weighted by Gasteiger charge is -2.01. The number of nitrogens with one attached hydrogen (secondary N) is 2. The SMILES string of the molecule is Oc1[nH]c2ccccc2c1N=NC(=S)NCc1ccccn1. The van der Waals surface area contributed by atoms with E-state index in [2.05, 4.69) is 25.5 Å². The van der Waals surface area contributed by atoms with Gasteiger partial charge in [-0.15, -0.1) is 10.2 Å². The number of rotatable bonds is 3. The van der Waals surface area contributed by atoms with Crippen molar-refractivity contribution < 1.29 is 5.11 Å². The van der Waals surface area contributed by atoms with Crippen molar-refractivity contribution in [3.63, 3.8) is 0 Å². The van der Waals surface area contributed by atoms with Gasteiger partial charge in [0.25, 0.3) is 0 Å². The lowest BCUT2D eigenvalue weighted by atomic mass is 10.2. The normalized spacial score (nSPS) is 11.1. The maximum Gasteiger partial charge on any atom is 0.218 e. The van der Waals surface area contributed by atoms with Crippen molar-refractivity contribution in [3.8, 4) is 5.88 Å². The number of para-hydroxylation sites is 1. The molecule has 0 saturated carbocycles. The second kappa shape index (κ2) is 6.31. The van der Waals surface area contributed by atoms with Crippen molar-refractivity contribution in [2.75, 3.05) is 0 Å². The highest BCUT2D eigenvalue weighted by molar-refractivity contribution is 7.80. The molecule has 0 atom stereocenters. The molecule has 3 N–H and O–H groups in total. The van der Waals surface area contributed by atoms with Gasteiger partial charge in [-0.1, -0.05) is 24.3 Å². The molecule has 0 fully saturated rings. The Bertz CT molecular complexity index is 828.